The molecule has 2 heterocycles. The second-order valence-corrected chi connectivity index (χ2v) is 5.63. The number of aromatic nitrogens is 2. The molecule has 1 saturated heterocycles. The highest BCUT2D eigenvalue weighted by Gasteiger charge is 2.18. The predicted molar refractivity (Wildman–Crippen MR) is 73.9 cm³/mol. The number of hydrogen-bond donors (Lipinski definition) is 1. The number of imidazole rings is 1. The number of aromatic amines is 1. The third-order valence-corrected chi connectivity index (χ3v) is 3.97. The summed E-state index contributed by atoms with van der Waals surface area (Å²) in [6, 6.07) is 6.57. The Labute approximate surface area is 113 Å². The van der Waals surface area contributed by atoms with Crippen LogP contribution in [0.4, 0.5) is 0 Å². The number of nitrogens with zero attached hydrogens (tertiary/aromatic N) is 1. The quantitative estimate of drug-likeness (QED) is 0.811. The largest absolute Gasteiger partial charge is 0.379 e. The average Bonchev–Trinajstić information content (AvgIpc) is 2.65. The molecular formula is C12H13BrN2OS. The molecule has 0 bridgehead atoms. The number of fused-ring (bicyclic) bond motifs is 1. The maximum absolute atomic E-state index is 5.54. The summed E-state index contributed by atoms with van der Waals surface area (Å²) in [6.07, 6.45) is 2.24. The first kappa shape index (κ1) is 11.4. The first-order valence-electron chi connectivity index (χ1n) is 5.73. The number of halogens is 1. The lowest BCUT2D eigenvalue weighted by Gasteiger charge is -2.23. The van der Waals surface area contributed by atoms with Gasteiger partial charge in [-0.2, -0.15) is 0 Å². The van der Waals surface area contributed by atoms with Gasteiger partial charge in [0.2, 0.25) is 0 Å². The fourth-order valence-corrected chi connectivity index (χ4v) is 3.11. The van der Waals surface area contributed by atoms with E-state index in [4.69, 9.17) is 17.0 Å². The van der Waals surface area contributed by atoms with Gasteiger partial charge in [0.25, 0.3) is 0 Å². The smallest absolute Gasteiger partial charge is 0.178 e. The van der Waals surface area contributed by atoms with Crippen LogP contribution in [0.2, 0.25) is 0 Å². The molecule has 17 heavy (non-hydrogen) atoms. The van der Waals surface area contributed by atoms with Crippen LogP contribution in [0.5, 0.6) is 0 Å². The summed E-state index contributed by atoms with van der Waals surface area (Å²) < 4.78 is 9.58. The van der Waals surface area contributed by atoms with Gasteiger partial charge in [0, 0.05) is 11.1 Å². The molecule has 1 aromatic carbocycles. The van der Waals surface area contributed by atoms with Crippen molar-refractivity contribution in [3.8, 4) is 0 Å². The molecule has 5 heteroatoms. The van der Waals surface area contributed by atoms with Gasteiger partial charge in [-0.3, -0.25) is 0 Å². The third kappa shape index (κ3) is 2.07. The van der Waals surface area contributed by atoms with Gasteiger partial charge in [0.15, 0.2) is 4.77 Å². The lowest BCUT2D eigenvalue weighted by molar-refractivity contribution is 0.0600. The Bertz CT molecular complexity index is 598. The van der Waals surface area contributed by atoms with Crippen molar-refractivity contribution in [2.45, 2.75) is 18.9 Å². The van der Waals surface area contributed by atoms with Crippen LogP contribution < -0.4 is 0 Å². The Morgan fingerprint density at radius 2 is 2.35 bits per heavy atom. The number of hydrogen-bond acceptors (Lipinski definition) is 2. The van der Waals surface area contributed by atoms with E-state index in [1.54, 1.807) is 0 Å². The van der Waals surface area contributed by atoms with E-state index >= 15 is 0 Å². The van der Waals surface area contributed by atoms with Crippen molar-refractivity contribution in [1.29, 1.82) is 0 Å². The Morgan fingerprint density at radius 3 is 3.12 bits per heavy atom. The molecule has 2 aromatic rings. The normalized spacial score (nSPS) is 20.9. The second kappa shape index (κ2) is 4.55. The van der Waals surface area contributed by atoms with Crippen LogP contribution in [0.15, 0.2) is 22.7 Å². The van der Waals surface area contributed by atoms with E-state index in [-0.39, 0.29) is 0 Å². The summed E-state index contributed by atoms with van der Waals surface area (Å²) in [5.74, 6) is 0. The Hall–Kier alpha value is -0.650. The zero-order valence-electron chi connectivity index (χ0n) is 9.28. The SMILES string of the molecule is S=c1[nH]c2cc(Br)ccc2n1C1CCCOC1. The number of nitrogens with one attached hydrogen (secondary N) is 1. The van der Waals surface area contributed by atoms with Crippen LogP contribution in [-0.2, 0) is 4.74 Å². The van der Waals surface area contributed by atoms with Crippen molar-refractivity contribution in [3.05, 3.63) is 27.4 Å². The minimum atomic E-state index is 0.367. The van der Waals surface area contributed by atoms with Gasteiger partial charge in [0.1, 0.15) is 0 Å². The van der Waals surface area contributed by atoms with E-state index in [0.29, 0.717) is 6.04 Å². The van der Waals surface area contributed by atoms with Gasteiger partial charge >= 0.3 is 0 Å². The van der Waals surface area contributed by atoms with E-state index in [1.165, 1.54) is 0 Å². The molecule has 1 aromatic heterocycles. The molecule has 0 aliphatic carbocycles. The summed E-state index contributed by atoms with van der Waals surface area (Å²) >= 11 is 8.89. The van der Waals surface area contributed by atoms with E-state index in [2.05, 4.69) is 37.6 Å². The van der Waals surface area contributed by atoms with Crippen molar-refractivity contribution < 1.29 is 4.74 Å². The van der Waals surface area contributed by atoms with Gasteiger partial charge in [-0.25, -0.2) is 0 Å². The molecule has 0 saturated carbocycles. The molecule has 0 amide bonds. The number of benzene rings is 1. The number of ether oxygens (including phenoxy) is 1. The molecule has 1 aliphatic rings. The molecule has 1 atom stereocenters. The summed E-state index contributed by atoms with van der Waals surface area (Å²) in [7, 11) is 0. The summed E-state index contributed by atoms with van der Waals surface area (Å²) in [6.45, 7) is 1.63. The minimum Gasteiger partial charge on any atom is -0.379 e. The number of H-pyrrole nitrogens is 1. The summed E-state index contributed by atoms with van der Waals surface area (Å²) in [5.41, 5.74) is 2.24. The van der Waals surface area contributed by atoms with E-state index in [0.717, 1.165) is 46.3 Å². The van der Waals surface area contributed by atoms with Gasteiger partial charge in [-0.15, -0.1) is 0 Å². The van der Waals surface area contributed by atoms with Crippen molar-refractivity contribution >= 4 is 39.2 Å². The van der Waals surface area contributed by atoms with Crippen LogP contribution in [-0.4, -0.2) is 22.8 Å². The fraction of sp³-hybridized carbons (Fsp3) is 0.417. The van der Waals surface area contributed by atoms with Gasteiger partial charge in [0.05, 0.1) is 23.7 Å². The molecule has 90 valence electrons. The second-order valence-electron chi connectivity index (χ2n) is 4.33. The Kier molecular flexibility index (Phi) is 3.06. The first-order chi connectivity index (χ1) is 8.25. The van der Waals surface area contributed by atoms with Crippen molar-refractivity contribution in [1.82, 2.24) is 9.55 Å². The lowest BCUT2D eigenvalue weighted by Crippen LogP contribution is -2.21. The number of rotatable bonds is 1. The van der Waals surface area contributed by atoms with E-state index < -0.39 is 0 Å². The topological polar surface area (TPSA) is 29.9 Å². The molecule has 0 radical (unpaired) electrons. The highest BCUT2D eigenvalue weighted by molar-refractivity contribution is 9.10. The van der Waals surface area contributed by atoms with Crippen molar-refractivity contribution in [2.24, 2.45) is 0 Å². The fourth-order valence-electron chi connectivity index (χ4n) is 2.39. The highest BCUT2D eigenvalue weighted by atomic mass is 79.9. The van der Waals surface area contributed by atoms with E-state index in [9.17, 15) is 0 Å². The van der Waals surface area contributed by atoms with E-state index in [1.807, 2.05) is 6.07 Å². The van der Waals surface area contributed by atoms with Crippen LogP contribution >= 0.6 is 28.1 Å². The minimum absolute atomic E-state index is 0.367. The first-order valence-corrected chi connectivity index (χ1v) is 6.93. The average molecular weight is 313 g/mol. The van der Waals surface area contributed by atoms with Crippen molar-refractivity contribution in [2.75, 3.05) is 13.2 Å². The zero-order chi connectivity index (χ0) is 11.8. The van der Waals surface area contributed by atoms with Gasteiger partial charge < -0.3 is 14.3 Å². The van der Waals surface area contributed by atoms with Crippen LogP contribution in [0.1, 0.15) is 18.9 Å². The van der Waals surface area contributed by atoms with Crippen molar-refractivity contribution in [3.63, 3.8) is 0 Å². The monoisotopic (exact) mass is 312 g/mol. The summed E-state index contributed by atoms with van der Waals surface area (Å²) in [5, 5.41) is 0. The third-order valence-electron chi connectivity index (χ3n) is 3.18. The van der Waals surface area contributed by atoms with Crippen LogP contribution in [0.25, 0.3) is 11.0 Å². The molecule has 0 spiro atoms. The molecule has 1 unspecified atom stereocenters. The van der Waals surface area contributed by atoms with Gasteiger partial charge in [-0.1, -0.05) is 15.9 Å². The Balaban J connectivity index is 2.14. The molecule has 3 nitrogen and oxygen atoms in total. The van der Waals surface area contributed by atoms with Crippen LogP contribution in [0.3, 0.4) is 0 Å². The zero-order valence-corrected chi connectivity index (χ0v) is 11.7. The van der Waals surface area contributed by atoms with Crippen LogP contribution in [0, 0.1) is 4.77 Å². The maximum atomic E-state index is 5.54. The molecule has 1 aliphatic heterocycles. The molecule has 1 fully saturated rings. The Morgan fingerprint density at radius 1 is 1.47 bits per heavy atom. The molecule has 1 N–H and O–H groups in total. The molecular weight excluding hydrogens is 300 g/mol. The standard InChI is InChI=1S/C12H13BrN2OS/c13-8-3-4-11-10(6-8)14-12(17)15(11)9-2-1-5-16-7-9/h3-4,6,9H,1-2,5,7H2,(H,14,17). The summed E-state index contributed by atoms with van der Waals surface area (Å²) in [4.78, 5) is 3.26. The highest BCUT2D eigenvalue weighted by Crippen LogP contribution is 2.26. The lowest BCUT2D eigenvalue weighted by atomic mass is 10.1. The predicted octanol–water partition coefficient (Wildman–Crippen LogP) is 3.81. The van der Waals surface area contributed by atoms with Gasteiger partial charge in [-0.05, 0) is 43.3 Å². The maximum Gasteiger partial charge on any atom is 0.178 e. The molecule has 3 rings (SSSR count).